The highest BCUT2D eigenvalue weighted by molar-refractivity contribution is 7.85. The van der Waals surface area contributed by atoms with Crippen molar-refractivity contribution in [2.24, 2.45) is 0 Å². The van der Waals surface area contributed by atoms with Crippen LogP contribution < -0.4 is 10.2 Å². The van der Waals surface area contributed by atoms with Gasteiger partial charge in [0.15, 0.2) is 0 Å². The van der Waals surface area contributed by atoms with E-state index in [0.29, 0.717) is 6.54 Å². The van der Waals surface area contributed by atoms with Gasteiger partial charge in [-0.3, -0.25) is 4.55 Å². The molecule has 5 nitrogen and oxygen atoms in total. The summed E-state index contributed by atoms with van der Waals surface area (Å²) in [5.74, 6) is 0. The molecule has 1 aliphatic rings. The molecule has 0 spiro atoms. The number of rotatable bonds is 19. The van der Waals surface area contributed by atoms with Gasteiger partial charge in [-0.15, -0.1) is 0 Å². The van der Waals surface area contributed by atoms with Gasteiger partial charge in [-0.1, -0.05) is 127 Å². The summed E-state index contributed by atoms with van der Waals surface area (Å²) in [7, 11) is -4.24. The smallest absolute Gasteiger partial charge is 0.294 e. The van der Waals surface area contributed by atoms with Crippen molar-refractivity contribution in [2.45, 2.75) is 127 Å². The number of nitrogens with one attached hydrogen (secondary N) is 1. The Labute approximate surface area is 225 Å². The molecule has 0 radical (unpaired) electrons. The van der Waals surface area contributed by atoms with E-state index in [9.17, 15) is 13.0 Å². The molecule has 0 aromatic heterocycles. The lowest BCUT2D eigenvalue weighted by molar-refractivity contribution is 0.483. The lowest BCUT2D eigenvalue weighted by Crippen LogP contribution is -2.35. The Hall–Kier alpha value is -2.05. The van der Waals surface area contributed by atoms with Crippen molar-refractivity contribution in [1.82, 2.24) is 0 Å². The van der Waals surface area contributed by atoms with Gasteiger partial charge in [0, 0.05) is 6.54 Å². The number of nitrogens with zero attached hydrogens (tertiary/aromatic N) is 1. The Kier molecular flexibility index (Phi) is 12.8. The van der Waals surface area contributed by atoms with E-state index in [1.807, 2.05) is 18.2 Å². The second kappa shape index (κ2) is 16.0. The molecule has 0 aliphatic carbocycles. The fourth-order valence-electron chi connectivity index (χ4n) is 5.37. The molecule has 0 amide bonds. The molecule has 0 fully saturated rings. The summed E-state index contributed by atoms with van der Waals surface area (Å²) in [6, 6.07) is 15.1. The van der Waals surface area contributed by atoms with Crippen molar-refractivity contribution < 1.29 is 13.0 Å². The topological polar surface area (TPSA) is 69.6 Å². The van der Waals surface area contributed by atoms with Crippen LogP contribution in [0.5, 0.6) is 0 Å². The number of fused-ring (bicyclic) bond motifs is 1. The second-order valence-corrected chi connectivity index (χ2v) is 12.1. The van der Waals surface area contributed by atoms with Crippen LogP contribution in [0.4, 0.5) is 11.4 Å². The third-order valence-corrected chi connectivity index (χ3v) is 8.40. The molecule has 2 aromatic carbocycles. The number of hydrogen-bond acceptors (Lipinski definition) is 4. The molecule has 2 aromatic rings. The Morgan fingerprint density at radius 2 is 1.30 bits per heavy atom. The van der Waals surface area contributed by atoms with Crippen molar-refractivity contribution in [2.75, 3.05) is 10.2 Å². The third kappa shape index (κ3) is 10.3. The minimum atomic E-state index is -4.24. The highest BCUT2D eigenvalue weighted by atomic mass is 32.2. The summed E-state index contributed by atoms with van der Waals surface area (Å²) >= 11 is 0. The van der Waals surface area contributed by atoms with Gasteiger partial charge in [-0.05, 0) is 36.6 Å². The fraction of sp³-hybridized carbons (Fsp3) is 0.613. The standard InChI is InChI=1S/C31H48N2O3S/c1-2-3-4-5-6-7-8-9-10-11-12-13-14-15-19-22-31-32-29-24-23-28(37(34,35)36)25-30(29)33(31)26-27-20-17-16-18-21-27/h16-18,20-21,23-25,31-32H,2-15,19,22,26H2,1H3,(H,34,35,36). The van der Waals surface area contributed by atoms with Crippen molar-refractivity contribution in [3.05, 3.63) is 54.1 Å². The highest BCUT2D eigenvalue weighted by Crippen LogP contribution is 2.39. The summed E-state index contributed by atoms with van der Waals surface area (Å²) in [6.07, 6.45) is 21.4. The van der Waals surface area contributed by atoms with Crippen molar-refractivity contribution in [1.29, 1.82) is 0 Å². The minimum Gasteiger partial charge on any atom is -0.363 e. The molecule has 37 heavy (non-hydrogen) atoms. The number of hydrogen-bond donors (Lipinski definition) is 2. The average molecular weight is 529 g/mol. The van der Waals surface area contributed by atoms with Crippen molar-refractivity contribution in [3.63, 3.8) is 0 Å². The fourth-order valence-corrected chi connectivity index (χ4v) is 5.87. The molecule has 3 rings (SSSR count). The molecule has 206 valence electrons. The second-order valence-electron chi connectivity index (χ2n) is 10.7. The summed E-state index contributed by atoms with van der Waals surface area (Å²) < 4.78 is 33.0. The SMILES string of the molecule is CCCCCCCCCCCCCCCCCC1Nc2ccc(S(=O)(=O)O)cc2N1Cc1ccccc1. The van der Waals surface area contributed by atoms with E-state index in [1.54, 1.807) is 12.1 Å². The van der Waals surface area contributed by atoms with Gasteiger partial charge >= 0.3 is 0 Å². The Morgan fingerprint density at radius 3 is 1.84 bits per heavy atom. The summed E-state index contributed by atoms with van der Waals surface area (Å²) in [6.45, 7) is 2.97. The molecule has 0 saturated carbocycles. The minimum absolute atomic E-state index is 0.0567. The van der Waals surface area contributed by atoms with E-state index in [1.165, 1.54) is 102 Å². The van der Waals surface area contributed by atoms with Gasteiger partial charge in [0.25, 0.3) is 10.1 Å². The number of benzene rings is 2. The van der Waals surface area contributed by atoms with Crippen LogP contribution in [0.15, 0.2) is 53.4 Å². The van der Waals surface area contributed by atoms with Gasteiger partial charge in [-0.2, -0.15) is 8.42 Å². The van der Waals surface area contributed by atoms with Crippen LogP contribution in [0.25, 0.3) is 0 Å². The largest absolute Gasteiger partial charge is 0.363 e. The molecule has 0 bridgehead atoms. The molecule has 1 unspecified atom stereocenters. The first-order valence-electron chi connectivity index (χ1n) is 14.7. The first kappa shape index (κ1) is 29.5. The van der Waals surface area contributed by atoms with Gasteiger partial charge in [0.05, 0.1) is 22.4 Å². The molecule has 1 atom stereocenters. The maximum atomic E-state index is 11.7. The van der Waals surface area contributed by atoms with Gasteiger partial charge in [-0.25, -0.2) is 0 Å². The zero-order valence-electron chi connectivity index (χ0n) is 22.8. The van der Waals surface area contributed by atoms with E-state index in [-0.39, 0.29) is 11.1 Å². The molecule has 1 heterocycles. The van der Waals surface area contributed by atoms with Crippen LogP contribution in [-0.2, 0) is 16.7 Å². The van der Waals surface area contributed by atoms with Gasteiger partial charge < -0.3 is 10.2 Å². The number of unbranched alkanes of at least 4 members (excludes halogenated alkanes) is 14. The maximum Gasteiger partial charge on any atom is 0.294 e. The van der Waals surface area contributed by atoms with Crippen molar-refractivity contribution in [3.8, 4) is 0 Å². The molecule has 0 saturated heterocycles. The lowest BCUT2D eigenvalue weighted by atomic mass is 10.0. The summed E-state index contributed by atoms with van der Waals surface area (Å²) in [5.41, 5.74) is 2.94. The lowest BCUT2D eigenvalue weighted by Gasteiger charge is -2.27. The van der Waals surface area contributed by atoms with E-state index in [0.717, 1.165) is 24.2 Å². The Balaban J connectivity index is 1.35. The first-order valence-corrected chi connectivity index (χ1v) is 16.1. The van der Waals surface area contributed by atoms with Crippen LogP contribution in [0.1, 0.15) is 115 Å². The summed E-state index contributed by atoms with van der Waals surface area (Å²) in [5, 5.41) is 3.58. The van der Waals surface area contributed by atoms with Crippen LogP contribution in [0.2, 0.25) is 0 Å². The van der Waals surface area contributed by atoms with E-state index >= 15 is 0 Å². The normalized spacial score (nSPS) is 15.1. The number of anilines is 2. The first-order chi connectivity index (χ1) is 18.0. The summed E-state index contributed by atoms with van der Waals surface area (Å²) in [4.78, 5) is 2.18. The molecular weight excluding hydrogens is 480 g/mol. The van der Waals surface area contributed by atoms with E-state index in [4.69, 9.17) is 0 Å². The van der Waals surface area contributed by atoms with Crippen molar-refractivity contribution >= 4 is 21.5 Å². The molecule has 6 heteroatoms. The predicted octanol–water partition coefficient (Wildman–Crippen LogP) is 8.95. The van der Waals surface area contributed by atoms with E-state index < -0.39 is 10.1 Å². The van der Waals surface area contributed by atoms with Gasteiger partial charge in [0.2, 0.25) is 0 Å². The van der Waals surface area contributed by atoms with Crippen LogP contribution >= 0.6 is 0 Å². The van der Waals surface area contributed by atoms with Gasteiger partial charge in [0.1, 0.15) is 0 Å². The molecular formula is C31H48N2O3S. The quantitative estimate of drug-likeness (QED) is 0.141. The monoisotopic (exact) mass is 528 g/mol. The average Bonchev–Trinajstić information content (AvgIpc) is 3.23. The predicted molar refractivity (Wildman–Crippen MR) is 156 cm³/mol. The molecule has 1 aliphatic heterocycles. The maximum absolute atomic E-state index is 11.7. The zero-order valence-corrected chi connectivity index (χ0v) is 23.7. The van der Waals surface area contributed by atoms with Crippen LogP contribution in [0.3, 0.4) is 0 Å². The third-order valence-electron chi connectivity index (χ3n) is 7.55. The van der Waals surface area contributed by atoms with E-state index in [2.05, 4.69) is 29.3 Å². The Bertz CT molecular complexity index is 1010. The Morgan fingerprint density at radius 1 is 0.757 bits per heavy atom. The zero-order chi connectivity index (χ0) is 26.3. The van der Waals surface area contributed by atoms with Crippen LogP contribution in [-0.4, -0.2) is 19.1 Å². The van der Waals surface area contributed by atoms with Crippen LogP contribution in [0, 0.1) is 0 Å². The highest BCUT2D eigenvalue weighted by Gasteiger charge is 2.29. The molecule has 2 N–H and O–H groups in total.